The number of carbonyl (C=O) groups is 2. The third-order valence-corrected chi connectivity index (χ3v) is 13.3. The number of carbonyl (C=O) groups excluding carboxylic acids is 2. The average Bonchev–Trinajstić information content (AvgIpc) is 3.28. The van der Waals surface area contributed by atoms with E-state index >= 15 is 0 Å². The van der Waals surface area contributed by atoms with Crippen molar-refractivity contribution in [2.24, 2.45) is 0 Å². The summed E-state index contributed by atoms with van der Waals surface area (Å²) in [5, 5.41) is 31.0. The summed E-state index contributed by atoms with van der Waals surface area (Å²) in [5.74, 6) is -1.97. The molecule has 1 fully saturated rings. The van der Waals surface area contributed by atoms with Gasteiger partial charge in [0.2, 0.25) is 0 Å². The number of allylic oxidation sites excluding steroid dienone is 4. The summed E-state index contributed by atoms with van der Waals surface area (Å²) in [4.78, 5) is 25.6. The highest BCUT2D eigenvalue weighted by atomic mass is 32.2. The number of unbranched alkanes of at least 4 members (excludes halogenated alkanes) is 30. The molecule has 0 radical (unpaired) electrons. The molecule has 1 rings (SSSR count). The lowest BCUT2D eigenvalue weighted by Gasteiger charge is -2.40. The van der Waals surface area contributed by atoms with Crippen LogP contribution >= 0.6 is 0 Å². The molecule has 1 heterocycles. The molecule has 1 aliphatic rings. The fourth-order valence-electron chi connectivity index (χ4n) is 8.36. The van der Waals surface area contributed by atoms with Crippen LogP contribution in [0.2, 0.25) is 0 Å². The van der Waals surface area contributed by atoms with E-state index in [0.29, 0.717) is 12.8 Å². The summed E-state index contributed by atoms with van der Waals surface area (Å²) in [5.41, 5.74) is 0. The van der Waals surface area contributed by atoms with Crippen LogP contribution in [0, 0.1) is 0 Å². The quantitative estimate of drug-likeness (QED) is 0.0196. The number of hydrogen-bond donors (Lipinski definition) is 4. The standard InChI is InChI=1S/C53H98O12S/c1-3-5-7-9-11-13-15-17-19-21-23-25-27-29-31-33-35-37-39-41-48(54)62-43-46(44-63-53-52(58)51(57)50(56)47(65-53)45-66(59,60)61)64-49(55)42-40-38-36-34-32-30-28-26-24-22-20-18-16-14-12-10-8-6-4-2/h11,13,17,19,46-47,50-53,56-58H,3-10,12,14-16,18,20-45H2,1-2H3,(H,59,60,61)/b13-11+,19-17+/t46-,47-,50-,51?,52?,53+/m1/s1. The molecule has 0 spiro atoms. The number of hydrogen-bond acceptors (Lipinski definition) is 11. The third kappa shape index (κ3) is 37.1. The van der Waals surface area contributed by atoms with Gasteiger partial charge in [-0.15, -0.1) is 0 Å². The van der Waals surface area contributed by atoms with E-state index in [2.05, 4.69) is 38.2 Å². The minimum Gasteiger partial charge on any atom is -0.462 e. The van der Waals surface area contributed by atoms with Crippen molar-refractivity contribution in [1.29, 1.82) is 0 Å². The van der Waals surface area contributed by atoms with E-state index < -0.39 is 71.2 Å². The Morgan fingerprint density at radius 2 is 0.909 bits per heavy atom. The first-order valence-corrected chi connectivity index (χ1v) is 28.5. The van der Waals surface area contributed by atoms with E-state index in [0.717, 1.165) is 51.4 Å². The van der Waals surface area contributed by atoms with Gasteiger partial charge in [0.15, 0.2) is 12.4 Å². The fourth-order valence-corrected chi connectivity index (χ4v) is 9.05. The molecular formula is C53H98O12S. The van der Waals surface area contributed by atoms with Crippen molar-refractivity contribution in [2.45, 2.75) is 282 Å². The van der Waals surface area contributed by atoms with Gasteiger partial charge in [-0.05, 0) is 44.9 Å². The Bertz CT molecular complexity index is 1310. The van der Waals surface area contributed by atoms with E-state index in [-0.39, 0.29) is 19.4 Å². The Morgan fingerprint density at radius 3 is 1.36 bits per heavy atom. The molecule has 66 heavy (non-hydrogen) atoms. The lowest BCUT2D eigenvalue weighted by Crippen LogP contribution is -2.60. The summed E-state index contributed by atoms with van der Waals surface area (Å²) >= 11 is 0. The maximum Gasteiger partial charge on any atom is 0.306 e. The van der Waals surface area contributed by atoms with Gasteiger partial charge >= 0.3 is 11.9 Å². The maximum atomic E-state index is 12.9. The molecule has 388 valence electrons. The Morgan fingerprint density at radius 1 is 0.515 bits per heavy atom. The molecule has 1 aliphatic heterocycles. The van der Waals surface area contributed by atoms with Crippen LogP contribution in [0.1, 0.15) is 245 Å². The number of ether oxygens (including phenoxy) is 4. The van der Waals surface area contributed by atoms with Gasteiger partial charge in [-0.2, -0.15) is 8.42 Å². The third-order valence-electron chi connectivity index (χ3n) is 12.5. The molecule has 0 amide bonds. The van der Waals surface area contributed by atoms with Crippen molar-refractivity contribution in [2.75, 3.05) is 19.0 Å². The molecule has 12 nitrogen and oxygen atoms in total. The van der Waals surface area contributed by atoms with Crippen LogP contribution < -0.4 is 0 Å². The second-order valence-electron chi connectivity index (χ2n) is 18.9. The van der Waals surface area contributed by atoms with E-state index in [1.807, 2.05) is 0 Å². The molecule has 0 aromatic rings. The minimum atomic E-state index is -4.60. The van der Waals surface area contributed by atoms with Crippen molar-refractivity contribution in [3.8, 4) is 0 Å². The number of aliphatic hydroxyl groups is 3. The first kappa shape index (κ1) is 62.1. The summed E-state index contributed by atoms with van der Waals surface area (Å²) < 4.78 is 54.3. The van der Waals surface area contributed by atoms with Crippen LogP contribution in [-0.2, 0) is 38.7 Å². The van der Waals surface area contributed by atoms with Crippen LogP contribution in [0.4, 0.5) is 0 Å². The molecule has 13 heteroatoms. The van der Waals surface area contributed by atoms with Gasteiger partial charge in [0.1, 0.15) is 36.8 Å². The van der Waals surface area contributed by atoms with E-state index in [1.165, 1.54) is 154 Å². The second-order valence-corrected chi connectivity index (χ2v) is 20.4. The van der Waals surface area contributed by atoms with Gasteiger partial charge in [0.25, 0.3) is 10.1 Å². The van der Waals surface area contributed by atoms with Crippen molar-refractivity contribution >= 4 is 22.1 Å². The highest BCUT2D eigenvalue weighted by Gasteiger charge is 2.46. The van der Waals surface area contributed by atoms with Crippen molar-refractivity contribution < 1.29 is 56.8 Å². The van der Waals surface area contributed by atoms with E-state index in [9.17, 15) is 37.9 Å². The lowest BCUT2D eigenvalue weighted by atomic mass is 10.00. The van der Waals surface area contributed by atoms with Crippen LogP contribution in [0.3, 0.4) is 0 Å². The van der Waals surface area contributed by atoms with Gasteiger partial charge in [0, 0.05) is 12.8 Å². The van der Waals surface area contributed by atoms with Gasteiger partial charge in [0.05, 0.1) is 6.61 Å². The SMILES string of the molecule is CCCCC/C=C/C/C=C/CCCCCCCCCCCC(=O)OC[C@H](CO[C@H]1O[C@H](CS(=O)(=O)O)[C@@H](O)C(O)C1O)OC(=O)CCCCCCCCCCCCCCCCCCCCC. The minimum absolute atomic E-state index is 0.169. The zero-order valence-corrected chi connectivity index (χ0v) is 42.6. The fraction of sp³-hybridized carbons (Fsp3) is 0.887. The Hall–Kier alpha value is -1.87. The van der Waals surface area contributed by atoms with Gasteiger partial charge in [-0.1, -0.05) is 212 Å². The molecular weight excluding hydrogens is 861 g/mol. The number of esters is 2. The van der Waals surface area contributed by atoms with Crippen LogP contribution in [0.25, 0.3) is 0 Å². The van der Waals surface area contributed by atoms with Crippen molar-refractivity contribution in [3.05, 3.63) is 24.3 Å². The van der Waals surface area contributed by atoms with Crippen LogP contribution in [0.5, 0.6) is 0 Å². The first-order chi connectivity index (χ1) is 32.0. The Labute approximate surface area is 402 Å². The molecule has 0 aromatic carbocycles. The molecule has 1 saturated heterocycles. The number of rotatable bonds is 46. The van der Waals surface area contributed by atoms with Crippen molar-refractivity contribution in [3.63, 3.8) is 0 Å². The molecule has 0 bridgehead atoms. The van der Waals surface area contributed by atoms with Gasteiger partial charge in [-0.3, -0.25) is 14.1 Å². The smallest absolute Gasteiger partial charge is 0.306 e. The predicted molar refractivity (Wildman–Crippen MR) is 266 cm³/mol. The monoisotopic (exact) mass is 959 g/mol. The molecule has 2 unspecified atom stereocenters. The summed E-state index contributed by atoms with van der Waals surface area (Å²) in [6, 6.07) is 0. The number of aliphatic hydroxyl groups excluding tert-OH is 3. The normalized spacial score (nSPS) is 19.5. The average molecular weight is 959 g/mol. The second kappa shape index (κ2) is 43.2. The maximum absolute atomic E-state index is 12.9. The predicted octanol–water partition coefficient (Wildman–Crippen LogP) is 12.3. The summed E-state index contributed by atoms with van der Waals surface area (Å²) in [6.45, 7) is 3.78. The van der Waals surface area contributed by atoms with Crippen molar-refractivity contribution in [1.82, 2.24) is 0 Å². The molecule has 4 N–H and O–H groups in total. The largest absolute Gasteiger partial charge is 0.462 e. The Kier molecular flexibility index (Phi) is 40.7. The van der Waals surface area contributed by atoms with E-state index in [4.69, 9.17) is 18.9 Å². The zero-order chi connectivity index (χ0) is 48.4. The lowest BCUT2D eigenvalue weighted by molar-refractivity contribution is -0.297. The first-order valence-electron chi connectivity index (χ1n) is 26.9. The topological polar surface area (TPSA) is 186 Å². The highest BCUT2D eigenvalue weighted by molar-refractivity contribution is 7.85. The molecule has 6 atom stereocenters. The zero-order valence-electron chi connectivity index (χ0n) is 41.8. The van der Waals surface area contributed by atoms with E-state index in [1.54, 1.807) is 0 Å². The Balaban J connectivity index is 2.34. The molecule has 0 aromatic heterocycles. The van der Waals surface area contributed by atoms with Crippen LogP contribution in [0.15, 0.2) is 24.3 Å². The van der Waals surface area contributed by atoms with Gasteiger partial charge < -0.3 is 34.3 Å². The summed E-state index contributed by atoms with van der Waals surface area (Å²) in [6.07, 6.45) is 40.7. The summed E-state index contributed by atoms with van der Waals surface area (Å²) in [7, 11) is -4.60. The highest BCUT2D eigenvalue weighted by Crippen LogP contribution is 2.24. The molecule has 0 aliphatic carbocycles. The van der Waals surface area contributed by atoms with Gasteiger partial charge in [-0.25, -0.2) is 0 Å². The van der Waals surface area contributed by atoms with Crippen LogP contribution in [-0.4, -0.2) is 96.0 Å². The molecule has 0 saturated carbocycles.